The van der Waals surface area contributed by atoms with Gasteiger partial charge in [-0.05, 0) is 39.4 Å². The van der Waals surface area contributed by atoms with Crippen molar-refractivity contribution < 1.29 is 20.0 Å². The van der Waals surface area contributed by atoms with Crippen molar-refractivity contribution in [1.82, 2.24) is 10.2 Å². The van der Waals surface area contributed by atoms with Gasteiger partial charge in [-0.2, -0.15) is 0 Å². The van der Waals surface area contributed by atoms with Crippen LogP contribution in [0.5, 0.6) is 0 Å². The van der Waals surface area contributed by atoms with Gasteiger partial charge in [-0.15, -0.1) is 0 Å². The predicted octanol–water partition coefficient (Wildman–Crippen LogP) is 2.52. The van der Waals surface area contributed by atoms with E-state index in [2.05, 4.69) is 60.7 Å². The van der Waals surface area contributed by atoms with E-state index in [4.69, 9.17) is 0 Å². The third kappa shape index (κ3) is 13.0. The van der Waals surface area contributed by atoms with Gasteiger partial charge >= 0.3 is 29.2 Å². The average molecular weight is 390 g/mol. The molecule has 0 saturated heterocycles. The van der Waals surface area contributed by atoms with Gasteiger partial charge in [0.05, 0.1) is 0 Å². The van der Waals surface area contributed by atoms with Crippen LogP contribution in [-0.4, -0.2) is 23.5 Å². The van der Waals surface area contributed by atoms with Crippen LogP contribution in [0, 0.1) is 6.67 Å². The van der Waals surface area contributed by atoms with Gasteiger partial charge in [-0.1, -0.05) is 13.8 Å². The summed E-state index contributed by atoms with van der Waals surface area (Å²) >= 11 is 1.75. The van der Waals surface area contributed by atoms with Gasteiger partial charge in [0.25, 0.3) is 0 Å². The molecule has 86 valence electrons. The predicted molar refractivity (Wildman–Crippen MR) is 56.0 cm³/mol. The van der Waals surface area contributed by atoms with Crippen LogP contribution in [0.15, 0.2) is 0 Å². The van der Waals surface area contributed by atoms with Crippen molar-refractivity contribution in [3.05, 3.63) is 6.67 Å². The fourth-order valence-electron chi connectivity index (χ4n) is 0.691. The topological polar surface area (TPSA) is 15.3 Å². The summed E-state index contributed by atoms with van der Waals surface area (Å²) in [5, 5.41) is 3.32. The van der Waals surface area contributed by atoms with E-state index >= 15 is 0 Å². The molecule has 13 heavy (non-hydrogen) atoms. The summed E-state index contributed by atoms with van der Waals surface area (Å²) in [7, 11) is 4.58. The van der Waals surface area contributed by atoms with Crippen molar-refractivity contribution in [3.8, 4) is 0 Å². The summed E-state index contributed by atoms with van der Waals surface area (Å²) in [6, 6.07) is 0. The van der Waals surface area contributed by atoms with Crippen molar-refractivity contribution >= 4 is 9.19 Å². The van der Waals surface area contributed by atoms with Crippen LogP contribution in [0.1, 0.15) is 34.6 Å². The zero-order valence-corrected chi connectivity index (χ0v) is 12.0. The van der Waals surface area contributed by atoms with E-state index in [1.165, 1.54) is 0 Å². The number of halogens is 1. The molecule has 0 bridgehead atoms. The Bertz CT molecular complexity index is 100. The van der Waals surface area contributed by atoms with Gasteiger partial charge < -0.3 is 10.2 Å². The fourth-order valence-corrected chi connectivity index (χ4v) is 0.691. The Morgan fingerprint density at radius 2 is 1.62 bits per heavy atom. The molecule has 0 saturated carbocycles. The number of rotatable bonds is 4. The first-order valence-corrected chi connectivity index (χ1v) is 7.14. The Morgan fingerprint density at radius 3 is 1.85 bits per heavy atom. The second-order valence-corrected chi connectivity index (χ2v) is 3.74. The van der Waals surface area contributed by atoms with Crippen molar-refractivity contribution in [2.75, 3.05) is 13.1 Å². The monoisotopic (exact) mass is 389 g/mol. The summed E-state index contributed by atoms with van der Waals surface area (Å²) in [6.45, 7) is 15.0. The van der Waals surface area contributed by atoms with E-state index in [0.29, 0.717) is 0 Å². The molecule has 0 amide bonds. The van der Waals surface area contributed by atoms with Crippen LogP contribution >= 0.6 is 9.19 Å². The molecule has 0 aliphatic rings. The zero-order valence-electron chi connectivity index (χ0n) is 9.12. The van der Waals surface area contributed by atoms with Crippen LogP contribution in [-0.2, 0) is 20.0 Å². The molecule has 0 radical (unpaired) electrons. The summed E-state index contributed by atoms with van der Waals surface area (Å²) in [6.07, 6.45) is 0. The Kier molecular flexibility index (Phi) is 12.0. The molecule has 0 aromatic heterocycles. The number of hydrogen-bond donors (Lipinski definition) is 1. The molecule has 2 nitrogen and oxygen atoms in total. The molecule has 0 unspecified atom stereocenters. The molecule has 0 heterocycles. The summed E-state index contributed by atoms with van der Waals surface area (Å²) in [5.74, 6) is 0. The van der Waals surface area contributed by atoms with Gasteiger partial charge in [0.2, 0.25) is 0 Å². The molecule has 0 fully saturated rings. The van der Waals surface area contributed by atoms with Crippen LogP contribution in [0.25, 0.3) is 0 Å². The van der Waals surface area contributed by atoms with Gasteiger partial charge in [-0.25, -0.2) is 6.67 Å². The van der Waals surface area contributed by atoms with E-state index in [1.54, 1.807) is 20.0 Å². The molecule has 4 heteroatoms. The number of nitrogens with zero attached hydrogens (tertiary/aromatic N) is 1. The summed E-state index contributed by atoms with van der Waals surface area (Å²) in [4.78, 5) is 2.24. The average Bonchev–Trinajstić information content (AvgIpc) is 2.08. The molecule has 0 atom stereocenters. The van der Waals surface area contributed by atoms with Crippen molar-refractivity contribution in [3.63, 3.8) is 0 Å². The maximum absolute atomic E-state index is 4.58. The molecule has 0 aliphatic carbocycles. The molecule has 1 N–H and O–H groups in total. The number of hydrogen-bond acceptors (Lipinski definition) is 2. The summed E-state index contributed by atoms with van der Waals surface area (Å²) in [5.41, 5.74) is 0.183. The van der Waals surface area contributed by atoms with Crippen LogP contribution < -0.4 is 5.32 Å². The van der Waals surface area contributed by atoms with Crippen molar-refractivity contribution in [2.45, 2.75) is 40.2 Å². The Balaban J connectivity index is 0. The van der Waals surface area contributed by atoms with Gasteiger partial charge in [-0.3, -0.25) is 0 Å². The van der Waals surface area contributed by atoms with Gasteiger partial charge in [0.15, 0.2) is 0 Å². The van der Waals surface area contributed by atoms with Crippen molar-refractivity contribution in [2.24, 2.45) is 0 Å². The molecule has 0 spiro atoms. The third-order valence-corrected chi connectivity index (χ3v) is 1.49. The molecular weight excluding hydrogens is 369 g/mol. The normalized spacial score (nSPS) is 11.2. The summed E-state index contributed by atoms with van der Waals surface area (Å²) < 4.78 is 0. The number of nitrogens with one attached hydrogen (secondary N) is 1. The van der Waals surface area contributed by atoms with E-state index < -0.39 is 0 Å². The quantitative estimate of drug-likeness (QED) is 0.587. The SMILES string of the molecule is CCN([CH-]NC(C)(C)C)CC.[Cl][Au]. The molecule has 0 aromatic carbocycles. The first kappa shape index (κ1) is 16.4. The van der Waals surface area contributed by atoms with E-state index in [-0.39, 0.29) is 5.54 Å². The second-order valence-electron chi connectivity index (χ2n) is 3.74. The van der Waals surface area contributed by atoms with Crippen LogP contribution in [0.4, 0.5) is 0 Å². The van der Waals surface area contributed by atoms with Crippen LogP contribution in [0.3, 0.4) is 0 Å². The molecule has 0 aromatic rings. The minimum absolute atomic E-state index is 0.183. The maximum atomic E-state index is 4.58. The molecular formula is C9H21AuClN2-. The first-order valence-electron chi connectivity index (χ1n) is 4.46. The Hall–Kier alpha value is 0.950. The van der Waals surface area contributed by atoms with E-state index in [9.17, 15) is 0 Å². The minimum atomic E-state index is 0.183. The first-order chi connectivity index (χ1) is 5.99. The van der Waals surface area contributed by atoms with Gasteiger partial charge in [0.1, 0.15) is 0 Å². The second kappa shape index (κ2) is 9.50. The van der Waals surface area contributed by atoms with E-state index in [0.717, 1.165) is 13.1 Å². The Labute approximate surface area is 99.1 Å². The molecule has 0 aliphatic heterocycles. The van der Waals surface area contributed by atoms with Crippen LogP contribution in [0.2, 0.25) is 0 Å². The van der Waals surface area contributed by atoms with Gasteiger partial charge in [0, 0.05) is 0 Å². The van der Waals surface area contributed by atoms with E-state index in [1.807, 2.05) is 0 Å². The third-order valence-electron chi connectivity index (χ3n) is 1.49. The van der Waals surface area contributed by atoms with Crippen molar-refractivity contribution in [1.29, 1.82) is 0 Å². The Morgan fingerprint density at radius 1 is 1.23 bits per heavy atom. The zero-order chi connectivity index (χ0) is 10.9. The molecule has 0 rings (SSSR count). The fraction of sp³-hybridized carbons (Fsp3) is 0.889. The standard InChI is InChI=1S/C9H21N2.Au.ClH/c1-6-11(7-2)8-10-9(3,4)5;;/h8,10H,6-7H2,1-5H3;;1H/q-1;+1;/p-1.